The molecule has 0 saturated heterocycles. The number of aromatic nitrogens is 3. The van der Waals surface area contributed by atoms with E-state index in [4.69, 9.17) is 15.2 Å². The van der Waals surface area contributed by atoms with E-state index in [9.17, 15) is 0 Å². The van der Waals surface area contributed by atoms with Gasteiger partial charge in [0.05, 0.1) is 19.9 Å². The van der Waals surface area contributed by atoms with Gasteiger partial charge in [0, 0.05) is 35.9 Å². The van der Waals surface area contributed by atoms with E-state index >= 15 is 0 Å². The number of anilines is 1. The highest BCUT2D eigenvalue weighted by Crippen LogP contribution is 2.32. The lowest BCUT2D eigenvalue weighted by Gasteiger charge is -2.06. The molecule has 0 spiro atoms. The third-order valence-corrected chi connectivity index (χ3v) is 3.04. The Morgan fingerprint density at radius 3 is 2.80 bits per heavy atom. The highest BCUT2D eigenvalue weighted by molar-refractivity contribution is 5.72. The van der Waals surface area contributed by atoms with Crippen molar-refractivity contribution in [1.29, 1.82) is 0 Å². The van der Waals surface area contributed by atoms with Crippen LogP contribution in [-0.2, 0) is 0 Å². The summed E-state index contributed by atoms with van der Waals surface area (Å²) in [6, 6.07) is 5.47. The summed E-state index contributed by atoms with van der Waals surface area (Å²) in [5, 5.41) is 0. The van der Waals surface area contributed by atoms with Crippen molar-refractivity contribution in [2.45, 2.75) is 0 Å². The summed E-state index contributed by atoms with van der Waals surface area (Å²) in [6.45, 7) is 0. The summed E-state index contributed by atoms with van der Waals surface area (Å²) in [7, 11) is 3.18. The molecule has 3 rings (SSSR count). The van der Waals surface area contributed by atoms with Gasteiger partial charge in [-0.1, -0.05) is 0 Å². The third-order valence-electron chi connectivity index (χ3n) is 3.04. The summed E-state index contributed by atoms with van der Waals surface area (Å²) < 4.78 is 12.4. The zero-order valence-electron chi connectivity index (χ0n) is 11.2. The Balaban J connectivity index is 2.20. The van der Waals surface area contributed by atoms with Crippen molar-refractivity contribution in [2.24, 2.45) is 0 Å². The number of hydrogen-bond acceptors (Lipinski definition) is 5. The van der Waals surface area contributed by atoms with Gasteiger partial charge in [-0.3, -0.25) is 0 Å². The number of ether oxygens (including phenoxy) is 2. The number of hydrogen-bond donors (Lipinski definition) is 1. The number of fused-ring (bicyclic) bond motifs is 1. The number of imidazole rings is 1. The first-order valence-electron chi connectivity index (χ1n) is 6.04. The second kappa shape index (κ2) is 4.73. The van der Waals surface area contributed by atoms with E-state index in [0.29, 0.717) is 23.0 Å². The zero-order valence-corrected chi connectivity index (χ0v) is 11.2. The minimum Gasteiger partial charge on any atom is -0.496 e. The Labute approximate surface area is 115 Å². The molecule has 0 aliphatic rings. The monoisotopic (exact) mass is 270 g/mol. The topological polar surface area (TPSA) is 74.7 Å². The van der Waals surface area contributed by atoms with Crippen LogP contribution in [0.3, 0.4) is 0 Å². The van der Waals surface area contributed by atoms with Gasteiger partial charge in [-0.2, -0.15) is 0 Å². The normalized spacial score (nSPS) is 10.7. The quantitative estimate of drug-likeness (QED) is 0.737. The molecule has 2 N–H and O–H groups in total. The fraction of sp³-hybridized carbons (Fsp3) is 0.143. The van der Waals surface area contributed by atoms with Crippen LogP contribution < -0.4 is 15.2 Å². The van der Waals surface area contributed by atoms with Crippen molar-refractivity contribution in [3.8, 4) is 22.9 Å². The molecule has 3 aromatic rings. The second-order valence-corrected chi connectivity index (χ2v) is 4.25. The molecule has 6 heteroatoms. The van der Waals surface area contributed by atoms with Crippen molar-refractivity contribution in [1.82, 2.24) is 14.4 Å². The predicted octanol–water partition coefficient (Wildman–Crippen LogP) is 2.00. The maximum atomic E-state index is 5.77. The number of nitrogens with two attached hydrogens (primary N) is 1. The van der Waals surface area contributed by atoms with E-state index in [1.807, 2.05) is 28.9 Å². The van der Waals surface area contributed by atoms with Gasteiger partial charge in [-0.15, -0.1) is 0 Å². The maximum absolute atomic E-state index is 5.77. The molecule has 0 atom stereocenters. The van der Waals surface area contributed by atoms with Gasteiger partial charge in [0.15, 0.2) is 0 Å². The molecule has 2 heterocycles. The molecule has 0 fully saturated rings. The molecule has 0 amide bonds. The minimum absolute atomic E-state index is 0.480. The molecular weight excluding hydrogens is 256 g/mol. The van der Waals surface area contributed by atoms with Gasteiger partial charge >= 0.3 is 0 Å². The highest BCUT2D eigenvalue weighted by atomic mass is 16.5. The van der Waals surface area contributed by atoms with Crippen LogP contribution in [0.1, 0.15) is 0 Å². The van der Waals surface area contributed by atoms with Crippen molar-refractivity contribution in [3.05, 3.63) is 36.8 Å². The summed E-state index contributed by atoms with van der Waals surface area (Å²) in [4.78, 5) is 8.68. The van der Waals surface area contributed by atoms with Gasteiger partial charge in [-0.25, -0.2) is 9.97 Å². The lowest BCUT2D eigenvalue weighted by atomic mass is 10.1. The zero-order chi connectivity index (χ0) is 14.1. The average molecular weight is 270 g/mol. The molecule has 102 valence electrons. The third kappa shape index (κ3) is 1.91. The molecule has 1 aromatic carbocycles. The molecule has 20 heavy (non-hydrogen) atoms. The Hall–Kier alpha value is -2.76. The first kappa shape index (κ1) is 12.3. The Morgan fingerprint density at radius 1 is 1.20 bits per heavy atom. The summed E-state index contributed by atoms with van der Waals surface area (Å²) >= 11 is 0. The Kier molecular flexibility index (Phi) is 2.90. The molecule has 2 aromatic heterocycles. The minimum atomic E-state index is 0.480. The fourth-order valence-electron chi connectivity index (χ4n) is 2.09. The summed E-state index contributed by atoms with van der Waals surface area (Å²) in [6.07, 6.45) is 5.38. The van der Waals surface area contributed by atoms with Crippen LogP contribution in [0.2, 0.25) is 0 Å². The van der Waals surface area contributed by atoms with E-state index in [1.54, 1.807) is 26.5 Å². The molecule has 0 radical (unpaired) electrons. The van der Waals surface area contributed by atoms with E-state index in [1.165, 1.54) is 0 Å². The highest BCUT2D eigenvalue weighted by Gasteiger charge is 2.13. The molecule has 0 aliphatic heterocycles. The summed E-state index contributed by atoms with van der Waals surface area (Å²) in [5.74, 6) is 1.16. The van der Waals surface area contributed by atoms with Crippen molar-refractivity contribution in [3.63, 3.8) is 0 Å². The smallest absolute Gasteiger partial charge is 0.258 e. The van der Waals surface area contributed by atoms with Gasteiger partial charge in [0.25, 0.3) is 5.88 Å². The lowest BCUT2D eigenvalue weighted by Crippen LogP contribution is -1.92. The SMILES string of the molecule is COc1cc(N)ccc1-c1cn2ccnc(OC)c2n1. The van der Waals surface area contributed by atoms with E-state index in [2.05, 4.69) is 9.97 Å². The lowest BCUT2D eigenvalue weighted by molar-refractivity contribution is 0.400. The van der Waals surface area contributed by atoms with Crippen molar-refractivity contribution >= 4 is 11.3 Å². The van der Waals surface area contributed by atoms with Crippen LogP contribution in [0.25, 0.3) is 16.9 Å². The van der Waals surface area contributed by atoms with Gasteiger partial charge in [0.2, 0.25) is 5.65 Å². The largest absolute Gasteiger partial charge is 0.496 e. The van der Waals surface area contributed by atoms with Crippen LogP contribution in [0.4, 0.5) is 5.69 Å². The standard InChI is InChI=1S/C14H14N4O2/c1-19-12-7-9(15)3-4-10(12)11-8-18-6-5-16-14(20-2)13(18)17-11/h3-8H,15H2,1-2H3. The number of benzene rings is 1. The molecule has 0 aliphatic carbocycles. The van der Waals surface area contributed by atoms with Crippen LogP contribution in [0, 0.1) is 0 Å². The van der Waals surface area contributed by atoms with Crippen LogP contribution >= 0.6 is 0 Å². The van der Waals surface area contributed by atoms with E-state index < -0.39 is 0 Å². The molecule has 6 nitrogen and oxygen atoms in total. The Bertz CT molecular complexity index is 767. The van der Waals surface area contributed by atoms with Crippen LogP contribution in [-0.4, -0.2) is 28.6 Å². The number of methoxy groups -OCH3 is 2. The number of nitrogens with zero attached hydrogens (tertiary/aromatic N) is 3. The molecular formula is C14H14N4O2. The predicted molar refractivity (Wildman–Crippen MR) is 75.9 cm³/mol. The van der Waals surface area contributed by atoms with Crippen molar-refractivity contribution < 1.29 is 9.47 Å². The molecule has 0 bridgehead atoms. The molecule has 0 unspecified atom stereocenters. The van der Waals surface area contributed by atoms with Crippen LogP contribution in [0.15, 0.2) is 36.8 Å². The maximum Gasteiger partial charge on any atom is 0.258 e. The Morgan fingerprint density at radius 2 is 2.05 bits per heavy atom. The number of rotatable bonds is 3. The van der Waals surface area contributed by atoms with Crippen LogP contribution in [0.5, 0.6) is 11.6 Å². The summed E-state index contributed by atoms with van der Waals surface area (Å²) in [5.41, 5.74) is 8.71. The average Bonchev–Trinajstić information content (AvgIpc) is 2.90. The first-order chi connectivity index (χ1) is 9.72. The number of nitrogen functional groups attached to an aromatic ring is 1. The van der Waals surface area contributed by atoms with E-state index in [-0.39, 0.29) is 0 Å². The fourth-order valence-corrected chi connectivity index (χ4v) is 2.09. The van der Waals surface area contributed by atoms with Crippen molar-refractivity contribution in [2.75, 3.05) is 20.0 Å². The van der Waals surface area contributed by atoms with Gasteiger partial charge < -0.3 is 19.6 Å². The first-order valence-corrected chi connectivity index (χ1v) is 6.04. The van der Waals surface area contributed by atoms with Gasteiger partial charge in [-0.05, 0) is 12.1 Å². The van der Waals surface area contributed by atoms with E-state index in [0.717, 1.165) is 11.3 Å². The second-order valence-electron chi connectivity index (χ2n) is 4.25. The van der Waals surface area contributed by atoms with Gasteiger partial charge in [0.1, 0.15) is 5.75 Å². The molecule has 0 saturated carbocycles.